The van der Waals surface area contributed by atoms with E-state index in [1.165, 1.54) is 10.8 Å². The van der Waals surface area contributed by atoms with Gasteiger partial charge in [0.15, 0.2) is 0 Å². The Labute approximate surface area is 179 Å². The molecule has 0 saturated heterocycles. The van der Waals surface area contributed by atoms with Crippen molar-refractivity contribution in [2.24, 2.45) is 0 Å². The summed E-state index contributed by atoms with van der Waals surface area (Å²) in [6.07, 6.45) is 0. The summed E-state index contributed by atoms with van der Waals surface area (Å²) in [4.78, 5) is 5.05. The highest BCUT2D eigenvalue weighted by Crippen LogP contribution is 2.37. The van der Waals surface area contributed by atoms with Crippen LogP contribution < -0.4 is 5.46 Å². The van der Waals surface area contributed by atoms with Gasteiger partial charge in [0.05, 0.1) is 11.2 Å². The largest absolute Gasteiger partial charge is 0.489 e. The van der Waals surface area contributed by atoms with Crippen molar-refractivity contribution in [1.29, 1.82) is 0 Å². The first-order valence-corrected chi connectivity index (χ1v) is 10.3. The van der Waals surface area contributed by atoms with Crippen LogP contribution >= 0.6 is 0 Å². The molecule has 4 heteroatoms. The first-order chi connectivity index (χ1) is 15.2. The third-order valence-corrected chi connectivity index (χ3v) is 6.06. The molecule has 6 aromatic rings. The van der Waals surface area contributed by atoms with Gasteiger partial charge in [-0.2, -0.15) is 0 Å². The second-order valence-corrected chi connectivity index (χ2v) is 7.84. The highest BCUT2D eigenvalue weighted by atomic mass is 16.4. The number of hydrogen-bond acceptors (Lipinski definition) is 3. The molecule has 6 rings (SSSR count). The van der Waals surface area contributed by atoms with Gasteiger partial charge in [-0.15, -0.1) is 0 Å². The van der Waals surface area contributed by atoms with Gasteiger partial charge in [0.2, 0.25) is 0 Å². The number of hydrogen-bond donors (Lipinski definition) is 2. The average Bonchev–Trinajstić information content (AvgIpc) is 2.82. The number of nitrogens with zero attached hydrogens (tertiary/aromatic N) is 1. The first-order valence-electron chi connectivity index (χ1n) is 10.3. The van der Waals surface area contributed by atoms with Crippen molar-refractivity contribution in [3.05, 3.63) is 97.1 Å². The Balaban J connectivity index is 1.78. The lowest BCUT2D eigenvalue weighted by atomic mass is 9.76. The van der Waals surface area contributed by atoms with Crippen LogP contribution in [0.1, 0.15) is 0 Å². The number of fused-ring (bicyclic) bond motifs is 6. The molecule has 5 aromatic carbocycles. The Morgan fingerprint density at radius 3 is 2.19 bits per heavy atom. The second kappa shape index (κ2) is 6.91. The zero-order chi connectivity index (χ0) is 20.9. The number of rotatable bonds is 2. The van der Waals surface area contributed by atoms with Crippen LogP contribution in [0.3, 0.4) is 0 Å². The molecule has 0 aliphatic heterocycles. The van der Waals surface area contributed by atoms with Gasteiger partial charge >= 0.3 is 7.12 Å². The molecule has 0 atom stereocenters. The van der Waals surface area contributed by atoms with Crippen LogP contribution in [0.4, 0.5) is 0 Å². The molecule has 0 aliphatic rings. The zero-order valence-corrected chi connectivity index (χ0v) is 16.7. The number of pyridine rings is 1. The van der Waals surface area contributed by atoms with Crippen molar-refractivity contribution in [1.82, 2.24) is 4.98 Å². The van der Waals surface area contributed by atoms with Crippen molar-refractivity contribution in [3.8, 4) is 11.3 Å². The molecule has 0 saturated carbocycles. The van der Waals surface area contributed by atoms with Crippen LogP contribution in [-0.4, -0.2) is 22.2 Å². The molecular weight excluding hydrogens is 381 g/mol. The van der Waals surface area contributed by atoms with Gasteiger partial charge in [-0.05, 0) is 39.1 Å². The minimum Gasteiger partial charge on any atom is -0.423 e. The summed E-state index contributed by atoms with van der Waals surface area (Å²) in [7, 11) is -1.52. The minimum atomic E-state index is -1.52. The summed E-state index contributed by atoms with van der Waals surface area (Å²) < 4.78 is 0. The van der Waals surface area contributed by atoms with E-state index < -0.39 is 7.12 Å². The molecule has 1 aromatic heterocycles. The van der Waals surface area contributed by atoms with Crippen molar-refractivity contribution in [2.75, 3.05) is 0 Å². The molecule has 31 heavy (non-hydrogen) atoms. The SMILES string of the molecule is OB(O)c1cccc2c1ccc1c(-c3ccc4ccccc4c3)nc3ccccc3c12. The van der Waals surface area contributed by atoms with Crippen LogP contribution in [0.25, 0.3) is 54.5 Å². The van der Waals surface area contributed by atoms with Gasteiger partial charge in [0.1, 0.15) is 0 Å². The summed E-state index contributed by atoms with van der Waals surface area (Å²) in [5.74, 6) is 0. The Morgan fingerprint density at radius 2 is 1.32 bits per heavy atom. The van der Waals surface area contributed by atoms with Gasteiger partial charge in [-0.25, -0.2) is 4.98 Å². The Bertz CT molecular complexity index is 1620. The van der Waals surface area contributed by atoms with Crippen LogP contribution in [0.2, 0.25) is 0 Å². The van der Waals surface area contributed by atoms with Crippen molar-refractivity contribution < 1.29 is 10.0 Å². The zero-order valence-electron chi connectivity index (χ0n) is 16.7. The molecule has 2 N–H and O–H groups in total. The molecule has 0 bridgehead atoms. The minimum absolute atomic E-state index is 0.507. The fourth-order valence-corrected chi connectivity index (χ4v) is 4.61. The summed E-state index contributed by atoms with van der Waals surface area (Å²) in [5, 5.41) is 27.1. The number of benzene rings is 5. The van der Waals surface area contributed by atoms with Crippen LogP contribution in [0.5, 0.6) is 0 Å². The maximum Gasteiger partial charge on any atom is 0.489 e. The first kappa shape index (κ1) is 18.1. The van der Waals surface area contributed by atoms with Gasteiger partial charge < -0.3 is 10.0 Å². The molecule has 146 valence electrons. The quantitative estimate of drug-likeness (QED) is 0.317. The maximum absolute atomic E-state index is 9.88. The molecule has 0 radical (unpaired) electrons. The fraction of sp³-hybridized carbons (Fsp3) is 0. The Hall–Kier alpha value is -3.73. The van der Waals surface area contributed by atoms with E-state index in [2.05, 4.69) is 36.4 Å². The molecule has 0 amide bonds. The summed E-state index contributed by atoms with van der Waals surface area (Å²) in [6, 6.07) is 32.6. The van der Waals surface area contributed by atoms with E-state index in [1.807, 2.05) is 54.6 Å². The van der Waals surface area contributed by atoms with Crippen molar-refractivity contribution in [3.63, 3.8) is 0 Å². The Morgan fingerprint density at radius 1 is 0.581 bits per heavy atom. The van der Waals surface area contributed by atoms with Crippen molar-refractivity contribution >= 4 is 55.8 Å². The highest BCUT2D eigenvalue weighted by Gasteiger charge is 2.18. The van der Waals surface area contributed by atoms with Crippen LogP contribution in [0.15, 0.2) is 97.1 Å². The topological polar surface area (TPSA) is 53.4 Å². The summed E-state index contributed by atoms with van der Waals surface area (Å²) in [5.41, 5.74) is 3.41. The molecule has 1 heterocycles. The van der Waals surface area contributed by atoms with Crippen molar-refractivity contribution in [2.45, 2.75) is 0 Å². The van der Waals surface area contributed by atoms with Crippen LogP contribution in [0, 0.1) is 0 Å². The van der Waals surface area contributed by atoms with Gasteiger partial charge in [0.25, 0.3) is 0 Å². The molecule has 0 aliphatic carbocycles. The Kier molecular flexibility index (Phi) is 4.03. The van der Waals surface area contributed by atoms with E-state index in [1.54, 1.807) is 6.07 Å². The average molecular weight is 399 g/mol. The van der Waals surface area contributed by atoms with Crippen LogP contribution in [-0.2, 0) is 0 Å². The lowest BCUT2D eigenvalue weighted by Gasteiger charge is -2.14. The summed E-state index contributed by atoms with van der Waals surface area (Å²) in [6.45, 7) is 0. The number of para-hydroxylation sites is 1. The van der Waals surface area contributed by atoms with E-state index in [0.717, 1.165) is 43.7 Å². The highest BCUT2D eigenvalue weighted by molar-refractivity contribution is 6.62. The maximum atomic E-state index is 9.88. The third kappa shape index (κ3) is 2.81. The monoisotopic (exact) mass is 399 g/mol. The molecule has 0 fully saturated rings. The van der Waals surface area contributed by atoms with E-state index in [9.17, 15) is 10.0 Å². The molecule has 0 spiro atoms. The van der Waals surface area contributed by atoms with Gasteiger partial charge in [-0.3, -0.25) is 0 Å². The third-order valence-electron chi connectivity index (χ3n) is 6.06. The standard InChI is InChI=1S/C27H18BNO2/c30-28(31)24-10-5-9-21-20(24)14-15-23-26(21)22-8-3-4-11-25(22)29-27(23)19-13-12-17-6-1-2-7-18(17)16-19/h1-16,30-31H. The second-order valence-electron chi connectivity index (χ2n) is 7.84. The molecule has 3 nitrogen and oxygen atoms in total. The van der Waals surface area contributed by atoms with E-state index >= 15 is 0 Å². The van der Waals surface area contributed by atoms with E-state index in [0.29, 0.717) is 5.46 Å². The van der Waals surface area contributed by atoms with E-state index in [-0.39, 0.29) is 0 Å². The summed E-state index contributed by atoms with van der Waals surface area (Å²) >= 11 is 0. The molecule has 0 unspecified atom stereocenters. The van der Waals surface area contributed by atoms with Gasteiger partial charge in [0, 0.05) is 21.7 Å². The lowest BCUT2D eigenvalue weighted by molar-refractivity contribution is 0.426. The molecular formula is C27H18BNO2. The van der Waals surface area contributed by atoms with E-state index in [4.69, 9.17) is 4.98 Å². The fourth-order valence-electron chi connectivity index (χ4n) is 4.61. The lowest BCUT2D eigenvalue weighted by Crippen LogP contribution is -2.30. The predicted octanol–water partition coefficient (Wildman–Crippen LogP) is 5.04. The van der Waals surface area contributed by atoms with Gasteiger partial charge in [-0.1, -0.05) is 84.9 Å². The predicted molar refractivity (Wildman–Crippen MR) is 130 cm³/mol. The normalized spacial score (nSPS) is 11.5. The number of aromatic nitrogens is 1. The smallest absolute Gasteiger partial charge is 0.423 e.